The van der Waals surface area contributed by atoms with Crippen LogP contribution < -0.4 is 9.64 Å². The van der Waals surface area contributed by atoms with Crippen LogP contribution in [0.3, 0.4) is 0 Å². The fourth-order valence-corrected chi connectivity index (χ4v) is 3.47. The van der Waals surface area contributed by atoms with Crippen LogP contribution in [0.5, 0.6) is 5.75 Å². The van der Waals surface area contributed by atoms with E-state index in [2.05, 4.69) is 0 Å². The molecule has 2 aromatic carbocycles. The van der Waals surface area contributed by atoms with Crippen molar-refractivity contribution in [1.82, 2.24) is 4.90 Å². The molecule has 1 saturated heterocycles. The van der Waals surface area contributed by atoms with Gasteiger partial charge in [0.1, 0.15) is 5.75 Å². The van der Waals surface area contributed by atoms with E-state index in [0.29, 0.717) is 29.5 Å². The average molecular weight is 373 g/mol. The molecule has 0 bridgehead atoms. The van der Waals surface area contributed by atoms with Crippen LogP contribution in [0, 0.1) is 5.92 Å². The van der Waals surface area contributed by atoms with Crippen molar-refractivity contribution in [2.24, 2.45) is 5.92 Å². The highest BCUT2D eigenvalue weighted by atomic mass is 35.5. The van der Waals surface area contributed by atoms with Gasteiger partial charge in [0.2, 0.25) is 11.8 Å². The molecule has 1 unspecified atom stereocenters. The summed E-state index contributed by atoms with van der Waals surface area (Å²) < 4.78 is 5.34. The third-order valence-corrected chi connectivity index (χ3v) is 4.77. The van der Waals surface area contributed by atoms with E-state index < -0.39 is 0 Å². The topological polar surface area (TPSA) is 49.9 Å². The van der Waals surface area contributed by atoms with E-state index in [1.54, 1.807) is 30.0 Å². The molecule has 1 aliphatic rings. The third kappa shape index (κ3) is 3.83. The summed E-state index contributed by atoms with van der Waals surface area (Å²) in [6.07, 6.45) is 0.205. The Morgan fingerprint density at radius 1 is 1.27 bits per heavy atom. The number of anilines is 1. The van der Waals surface area contributed by atoms with Crippen molar-refractivity contribution in [3.63, 3.8) is 0 Å². The van der Waals surface area contributed by atoms with E-state index >= 15 is 0 Å². The smallest absolute Gasteiger partial charge is 0.228 e. The van der Waals surface area contributed by atoms with Crippen molar-refractivity contribution in [1.29, 1.82) is 0 Å². The molecule has 0 saturated carbocycles. The second-order valence-corrected chi connectivity index (χ2v) is 6.84. The number of halogens is 1. The summed E-state index contributed by atoms with van der Waals surface area (Å²) in [7, 11) is 3.32. The molecule has 2 amide bonds. The van der Waals surface area contributed by atoms with Crippen molar-refractivity contribution >= 4 is 29.1 Å². The van der Waals surface area contributed by atoms with E-state index in [-0.39, 0.29) is 24.2 Å². The van der Waals surface area contributed by atoms with Crippen LogP contribution in [0.4, 0.5) is 5.69 Å². The van der Waals surface area contributed by atoms with Gasteiger partial charge in [0.25, 0.3) is 0 Å². The van der Waals surface area contributed by atoms with E-state index in [0.717, 1.165) is 5.56 Å². The zero-order valence-corrected chi connectivity index (χ0v) is 15.6. The number of benzene rings is 2. The highest BCUT2D eigenvalue weighted by molar-refractivity contribution is 6.30. The molecule has 6 heteroatoms. The predicted octanol–water partition coefficient (Wildman–Crippen LogP) is 3.36. The summed E-state index contributed by atoms with van der Waals surface area (Å²) in [4.78, 5) is 28.5. The molecule has 2 aromatic rings. The number of hydrogen-bond donors (Lipinski definition) is 0. The highest BCUT2D eigenvalue weighted by Gasteiger charge is 2.37. The monoisotopic (exact) mass is 372 g/mol. The Labute approximate surface area is 158 Å². The number of hydrogen-bond acceptors (Lipinski definition) is 3. The van der Waals surface area contributed by atoms with E-state index in [1.807, 2.05) is 42.5 Å². The van der Waals surface area contributed by atoms with Gasteiger partial charge < -0.3 is 14.5 Å². The number of rotatable bonds is 5. The third-order valence-electron chi connectivity index (χ3n) is 4.54. The fraction of sp³-hybridized carbons (Fsp3) is 0.300. The van der Waals surface area contributed by atoms with Crippen LogP contribution in [-0.2, 0) is 16.1 Å². The minimum Gasteiger partial charge on any atom is -0.495 e. The van der Waals surface area contributed by atoms with Gasteiger partial charge in [-0.25, -0.2) is 0 Å². The quantitative estimate of drug-likeness (QED) is 0.808. The van der Waals surface area contributed by atoms with E-state index in [1.165, 1.54) is 0 Å². The minimum absolute atomic E-state index is 0.0456. The second-order valence-electron chi connectivity index (χ2n) is 6.40. The molecule has 26 heavy (non-hydrogen) atoms. The van der Waals surface area contributed by atoms with Gasteiger partial charge in [0, 0.05) is 31.6 Å². The standard InChI is InChI=1S/C20H21ClN2O3/c1-22(12-14-6-5-7-16(21)10-14)20(25)15-11-19(24)23(13-15)17-8-3-4-9-18(17)26-2/h3-10,15H,11-13H2,1-2H3. The van der Waals surface area contributed by atoms with Crippen molar-refractivity contribution in [2.75, 3.05) is 25.6 Å². The molecular weight excluding hydrogens is 352 g/mol. The number of carbonyl (C=O) groups is 2. The lowest BCUT2D eigenvalue weighted by Crippen LogP contribution is -2.34. The minimum atomic E-state index is -0.364. The van der Waals surface area contributed by atoms with Crippen LogP contribution in [0.15, 0.2) is 48.5 Å². The van der Waals surface area contributed by atoms with Gasteiger partial charge in [0.05, 0.1) is 18.7 Å². The molecule has 0 spiro atoms. The number of nitrogens with zero attached hydrogens (tertiary/aromatic N) is 2. The SMILES string of the molecule is COc1ccccc1N1CC(C(=O)N(C)Cc2cccc(Cl)c2)CC1=O. The predicted molar refractivity (Wildman–Crippen MR) is 101 cm³/mol. The summed E-state index contributed by atoms with van der Waals surface area (Å²) in [5.41, 5.74) is 1.66. The molecule has 1 atom stereocenters. The van der Waals surface area contributed by atoms with E-state index in [4.69, 9.17) is 16.3 Å². The Morgan fingerprint density at radius 2 is 2.04 bits per heavy atom. The van der Waals surface area contributed by atoms with Gasteiger partial charge in [-0.15, -0.1) is 0 Å². The highest BCUT2D eigenvalue weighted by Crippen LogP contribution is 2.33. The Kier molecular flexibility index (Phi) is 5.47. The lowest BCUT2D eigenvalue weighted by atomic mass is 10.1. The Balaban J connectivity index is 1.70. The first-order chi connectivity index (χ1) is 12.5. The Bertz CT molecular complexity index is 824. The number of ether oxygens (including phenoxy) is 1. The lowest BCUT2D eigenvalue weighted by Gasteiger charge is -2.22. The molecule has 0 N–H and O–H groups in total. The number of amides is 2. The lowest BCUT2D eigenvalue weighted by molar-refractivity contribution is -0.135. The first-order valence-electron chi connectivity index (χ1n) is 8.42. The average Bonchev–Trinajstić information content (AvgIpc) is 3.02. The maximum absolute atomic E-state index is 12.8. The summed E-state index contributed by atoms with van der Waals surface area (Å²) in [6, 6.07) is 14.8. The van der Waals surface area contributed by atoms with Crippen molar-refractivity contribution in [3.05, 3.63) is 59.1 Å². The maximum atomic E-state index is 12.8. The molecule has 3 rings (SSSR count). The number of para-hydroxylation sites is 2. The molecule has 1 aliphatic heterocycles. The van der Waals surface area contributed by atoms with Gasteiger partial charge in [-0.2, -0.15) is 0 Å². The normalized spacial score (nSPS) is 16.7. The number of methoxy groups -OCH3 is 1. The first-order valence-corrected chi connectivity index (χ1v) is 8.80. The van der Waals surface area contributed by atoms with Gasteiger partial charge >= 0.3 is 0 Å². The second kappa shape index (κ2) is 7.79. The molecule has 136 valence electrons. The van der Waals surface area contributed by atoms with E-state index in [9.17, 15) is 9.59 Å². The summed E-state index contributed by atoms with van der Waals surface area (Å²) in [5.74, 6) is 0.151. The van der Waals surface area contributed by atoms with Crippen molar-refractivity contribution in [2.45, 2.75) is 13.0 Å². The van der Waals surface area contributed by atoms with Gasteiger partial charge in [0.15, 0.2) is 0 Å². The van der Waals surface area contributed by atoms with Crippen LogP contribution in [0.25, 0.3) is 0 Å². The summed E-state index contributed by atoms with van der Waals surface area (Å²) >= 11 is 6.00. The van der Waals surface area contributed by atoms with Crippen LogP contribution >= 0.6 is 11.6 Å². The van der Waals surface area contributed by atoms with Gasteiger partial charge in [-0.05, 0) is 29.8 Å². The van der Waals surface area contributed by atoms with Crippen LogP contribution in [-0.4, -0.2) is 37.4 Å². The molecule has 1 fully saturated rings. The molecule has 1 heterocycles. The van der Waals surface area contributed by atoms with Crippen LogP contribution in [0.2, 0.25) is 5.02 Å². The molecule has 0 aliphatic carbocycles. The Morgan fingerprint density at radius 3 is 2.77 bits per heavy atom. The van der Waals surface area contributed by atoms with Crippen LogP contribution in [0.1, 0.15) is 12.0 Å². The molecule has 5 nitrogen and oxygen atoms in total. The molecular formula is C20H21ClN2O3. The van der Waals surface area contributed by atoms with Gasteiger partial charge in [-0.1, -0.05) is 35.9 Å². The molecule has 0 aromatic heterocycles. The zero-order valence-electron chi connectivity index (χ0n) is 14.8. The first kappa shape index (κ1) is 18.3. The number of carbonyl (C=O) groups excluding carboxylic acids is 2. The summed E-state index contributed by atoms with van der Waals surface area (Å²) in [5, 5.41) is 0.641. The fourth-order valence-electron chi connectivity index (χ4n) is 3.26. The van der Waals surface area contributed by atoms with Gasteiger partial charge in [-0.3, -0.25) is 9.59 Å². The maximum Gasteiger partial charge on any atom is 0.228 e. The summed E-state index contributed by atoms with van der Waals surface area (Å²) in [6.45, 7) is 0.816. The zero-order chi connectivity index (χ0) is 18.7. The van der Waals surface area contributed by atoms with Crippen molar-refractivity contribution in [3.8, 4) is 5.75 Å². The molecule has 0 radical (unpaired) electrons. The largest absolute Gasteiger partial charge is 0.495 e. The Hall–Kier alpha value is -2.53. The van der Waals surface area contributed by atoms with Crippen molar-refractivity contribution < 1.29 is 14.3 Å².